The second-order valence-electron chi connectivity index (χ2n) is 4.28. The highest BCUT2D eigenvalue weighted by atomic mass is 16.1. The van der Waals surface area contributed by atoms with E-state index in [1.807, 2.05) is 56.0 Å². The normalized spacial score (nSPS) is 12.9. The average molecular weight is 230 g/mol. The number of likely N-dealkylation sites (N-methyl/N-ethyl adjacent to an activating group) is 1. The van der Waals surface area contributed by atoms with E-state index in [1.165, 1.54) is 0 Å². The summed E-state index contributed by atoms with van der Waals surface area (Å²) in [6.45, 7) is 2.02. The van der Waals surface area contributed by atoms with Gasteiger partial charge in [0.2, 0.25) is 0 Å². The second-order valence-corrected chi connectivity index (χ2v) is 4.28. The van der Waals surface area contributed by atoms with Crippen molar-refractivity contribution in [2.24, 2.45) is 7.05 Å². The van der Waals surface area contributed by atoms with Crippen LogP contribution in [0.3, 0.4) is 0 Å². The molecule has 0 amide bonds. The number of hydrogen-bond donors (Lipinski definition) is 1. The molecule has 1 unspecified atom stereocenters. The summed E-state index contributed by atoms with van der Waals surface area (Å²) in [5.74, 6) is 0.173. The first-order valence-electron chi connectivity index (χ1n) is 5.94. The SMILES string of the molecule is CCC(NC)C(=O)c1cn(C)c2ccccc12. The Kier molecular flexibility index (Phi) is 3.29. The summed E-state index contributed by atoms with van der Waals surface area (Å²) in [4.78, 5) is 12.4. The van der Waals surface area contributed by atoms with Crippen LogP contribution in [0, 0.1) is 0 Å². The minimum atomic E-state index is -0.0965. The lowest BCUT2D eigenvalue weighted by atomic mass is 10.0. The van der Waals surface area contributed by atoms with Crippen molar-refractivity contribution in [2.75, 3.05) is 7.05 Å². The van der Waals surface area contributed by atoms with Gasteiger partial charge in [0.05, 0.1) is 6.04 Å². The highest BCUT2D eigenvalue weighted by Crippen LogP contribution is 2.21. The van der Waals surface area contributed by atoms with E-state index in [9.17, 15) is 4.79 Å². The number of nitrogens with one attached hydrogen (secondary N) is 1. The first-order chi connectivity index (χ1) is 8.19. The van der Waals surface area contributed by atoms with Crippen LogP contribution in [0.5, 0.6) is 0 Å². The predicted molar refractivity (Wildman–Crippen MR) is 70.4 cm³/mol. The molecule has 17 heavy (non-hydrogen) atoms. The number of carbonyl (C=O) groups excluding carboxylic acids is 1. The first kappa shape index (κ1) is 11.9. The molecule has 0 saturated heterocycles. The van der Waals surface area contributed by atoms with Gasteiger partial charge in [-0.05, 0) is 19.5 Å². The Morgan fingerprint density at radius 3 is 2.76 bits per heavy atom. The van der Waals surface area contributed by atoms with E-state index < -0.39 is 0 Å². The molecular formula is C14H18N2O. The maximum atomic E-state index is 12.4. The molecule has 2 rings (SSSR count). The molecular weight excluding hydrogens is 212 g/mol. The molecule has 3 nitrogen and oxygen atoms in total. The number of benzene rings is 1. The number of aromatic nitrogens is 1. The summed E-state index contributed by atoms with van der Waals surface area (Å²) in [6, 6.07) is 7.91. The van der Waals surface area contributed by atoms with E-state index in [-0.39, 0.29) is 11.8 Å². The van der Waals surface area contributed by atoms with Crippen LogP contribution in [-0.2, 0) is 7.05 Å². The summed E-state index contributed by atoms with van der Waals surface area (Å²) >= 11 is 0. The van der Waals surface area contributed by atoms with Crippen molar-refractivity contribution in [1.29, 1.82) is 0 Å². The van der Waals surface area contributed by atoms with Crippen molar-refractivity contribution in [1.82, 2.24) is 9.88 Å². The molecule has 1 atom stereocenters. The zero-order valence-corrected chi connectivity index (χ0v) is 10.5. The Morgan fingerprint density at radius 1 is 1.41 bits per heavy atom. The van der Waals surface area contributed by atoms with Crippen molar-refractivity contribution >= 4 is 16.7 Å². The van der Waals surface area contributed by atoms with Crippen LogP contribution >= 0.6 is 0 Å². The second kappa shape index (κ2) is 4.72. The van der Waals surface area contributed by atoms with Gasteiger partial charge in [0.25, 0.3) is 0 Å². The van der Waals surface area contributed by atoms with Crippen molar-refractivity contribution < 1.29 is 4.79 Å². The number of fused-ring (bicyclic) bond motifs is 1. The third kappa shape index (κ3) is 1.98. The van der Waals surface area contributed by atoms with Gasteiger partial charge in [-0.2, -0.15) is 0 Å². The van der Waals surface area contributed by atoms with E-state index in [4.69, 9.17) is 0 Å². The van der Waals surface area contributed by atoms with Gasteiger partial charge in [-0.25, -0.2) is 0 Å². The predicted octanol–water partition coefficient (Wildman–Crippen LogP) is 2.36. The summed E-state index contributed by atoms with van der Waals surface area (Å²) < 4.78 is 2.00. The molecule has 0 saturated carbocycles. The van der Waals surface area contributed by atoms with Gasteiger partial charge in [0.15, 0.2) is 5.78 Å². The van der Waals surface area contributed by atoms with Gasteiger partial charge >= 0.3 is 0 Å². The third-order valence-corrected chi connectivity index (χ3v) is 3.24. The average Bonchev–Trinajstić information content (AvgIpc) is 2.69. The van der Waals surface area contributed by atoms with Gasteiger partial charge in [0.1, 0.15) is 0 Å². The molecule has 0 aliphatic carbocycles. The quantitative estimate of drug-likeness (QED) is 0.818. The zero-order chi connectivity index (χ0) is 12.4. The molecule has 0 bridgehead atoms. The zero-order valence-electron chi connectivity index (χ0n) is 10.5. The molecule has 1 heterocycles. The molecule has 1 aromatic carbocycles. The number of rotatable bonds is 4. The van der Waals surface area contributed by atoms with Gasteiger partial charge in [-0.1, -0.05) is 25.1 Å². The van der Waals surface area contributed by atoms with Gasteiger partial charge in [-0.3, -0.25) is 4.79 Å². The van der Waals surface area contributed by atoms with E-state index in [0.29, 0.717) is 0 Å². The monoisotopic (exact) mass is 230 g/mol. The fraction of sp³-hybridized carbons (Fsp3) is 0.357. The van der Waals surface area contributed by atoms with Crippen molar-refractivity contribution in [3.63, 3.8) is 0 Å². The fourth-order valence-corrected chi connectivity index (χ4v) is 2.25. The van der Waals surface area contributed by atoms with E-state index in [0.717, 1.165) is 22.9 Å². The van der Waals surface area contributed by atoms with Crippen LogP contribution in [0.2, 0.25) is 0 Å². The Hall–Kier alpha value is -1.61. The number of hydrogen-bond acceptors (Lipinski definition) is 2. The minimum Gasteiger partial charge on any atom is -0.350 e. The van der Waals surface area contributed by atoms with Crippen molar-refractivity contribution in [3.8, 4) is 0 Å². The fourth-order valence-electron chi connectivity index (χ4n) is 2.25. The van der Waals surface area contributed by atoms with Gasteiger partial charge in [-0.15, -0.1) is 0 Å². The summed E-state index contributed by atoms with van der Waals surface area (Å²) in [5.41, 5.74) is 1.91. The van der Waals surface area contributed by atoms with Crippen molar-refractivity contribution in [2.45, 2.75) is 19.4 Å². The van der Waals surface area contributed by atoms with Gasteiger partial charge < -0.3 is 9.88 Å². The Bertz CT molecular complexity index is 538. The minimum absolute atomic E-state index is 0.0965. The number of ketones is 1. The maximum absolute atomic E-state index is 12.4. The number of nitrogens with zero attached hydrogens (tertiary/aromatic N) is 1. The smallest absolute Gasteiger partial charge is 0.181 e. The molecule has 0 fully saturated rings. The molecule has 0 aliphatic rings. The molecule has 90 valence electrons. The van der Waals surface area contributed by atoms with Crippen LogP contribution in [0.25, 0.3) is 10.9 Å². The Balaban J connectivity index is 2.52. The van der Waals surface area contributed by atoms with Crippen molar-refractivity contribution in [3.05, 3.63) is 36.0 Å². The molecule has 0 aliphatic heterocycles. The van der Waals surface area contributed by atoms with Crippen LogP contribution in [0.4, 0.5) is 0 Å². The van der Waals surface area contributed by atoms with E-state index >= 15 is 0 Å². The largest absolute Gasteiger partial charge is 0.350 e. The standard InChI is InChI=1S/C14H18N2O/c1-4-12(15-2)14(17)11-9-16(3)13-8-6-5-7-10(11)13/h5-9,12,15H,4H2,1-3H3. The molecule has 3 heteroatoms. The molecule has 2 aromatic rings. The van der Waals surface area contributed by atoms with Crippen LogP contribution < -0.4 is 5.32 Å². The number of aryl methyl sites for hydroxylation is 1. The Labute approximate surface area is 101 Å². The van der Waals surface area contributed by atoms with Gasteiger partial charge in [0, 0.05) is 29.7 Å². The van der Waals surface area contributed by atoms with E-state index in [2.05, 4.69) is 5.32 Å². The summed E-state index contributed by atoms with van der Waals surface area (Å²) in [7, 11) is 3.80. The highest BCUT2D eigenvalue weighted by Gasteiger charge is 2.20. The van der Waals surface area contributed by atoms with Crippen LogP contribution in [0.15, 0.2) is 30.5 Å². The number of para-hydroxylation sites is 1. The molecule has 0 radical (unpaired) electrons. The number of carbonyl (C=O) groups is 1. The molecule has 1 aromatic heterocycles. The molecule has 0 spiro atoms. The third-order valence-electron chi connectivity index (χ3n) is 3.24. The van der Waals surface area contributed by atoms with Crippen LogP contribution in [0.1, 0.15) is 23.7 Å². The molecule has 1 N–H and O–H groups in total. The lowest BCUT2D eigenvalue weighted by Gasteiger charge is -2.11. The van der Waals surface area contributed by atoms with E-state index in [1.54, 1.807) is 0 Å². The Morgan fingerprint density at radius 2 is 2.12 bits per heavy atom. The maximum Gasteiger partial charge on any atom is 0.181 e. The topological polar surface area (TPSA) is 34.0 Å². The summed E-state index contributed by atoms with van der Waals surface area (Å²) in [5, 5.41) is 4.10. The lowest BCUT2D eigenvalue weighted by molar-refractivity contribution is 0.0946. The lowest BCUT2D eigenvalue weighted by Crippen LogP contribution is -2.33. The highest BCUT2D eigenvalue weighted by molar-refractivity contribution is 6.10. The number of Topliss-reactive ketones (excluding diaryl/α,β-unsaturated/α-hetero) is 1. The summed E-state index contributed by atoms with van der Waals surface area (Å²) in [6.07, 6.45) is 2.73. The first-order valence-corrected chi connectivity index (χ1v) is 5.94. The van der Waals surface area contributed by atoms with Crippen LogP contribution in [-0.4, -0.2) is 23.4 Å².